The summed E-state index contributed by atoms with van der Waals surface area (Å²) in [7, 11) is 0. The molecule has 1 aromatic carbocycles. The quantitative estimate of drug-likeness (QED) is 0.123. The number of aliphatic hydroxyl groups is 2. The number of nitrogens with zero attached hydrogens (tertiary/aromatic N) is 9. The standard InChI is InChI=1S/C34H47N9O10S.CO2/c1-23-15-42(29-14-27(45)28(21-44)54-29)34(53)43(33(23)52)22-41-17-26(35-36-41)25-4-2-24(3-5-25)16-37-6-8-38(18-30(46)47)10-12-40(20-32(50)51)13-11-39(9-7-37)19-31(48)49;2-1-3/h2-5,15,17,27-29,44-45H,6-14,16,18-22H2,1H3,(H,46,47)(H,48,49)(H,50,51);/t27?,28-,29?;/m1./s1. The van der Waals surface area contributed by atoms with Crippen molar-refractivity contribution >= 4 is 35.8 Å². The minimum Gasteiger partial charge on any atom is -0.480 e. The average molecular weight is 818 g/mol. The monoisotopic (exact) mass is 817 g/mol. The molecule has 0 saturated carbocycles. The second-order valence-electron chi connectivity index (χ2n) is 13.7. The first-order valence-corrected chi connectivity index (χ1v) is 19.0. The maximum atomic E-state index is 13.4. The van der Waals surface area contributed by atoms with Crippen molar-refractivity contribution in [3.05, 3.63) is 68.6 Å². The van der Waals surface area contributed by atoms with E-state index in [-0.39, 0.29) is 45.5 Å². The number of aromatic nitrogens is 5. The summed E-state index contributed by atoms with van der Waals surface area (Å²) in [5, 5.41) is 55.7. The van der Waals surface area contributed by atoms with E-state index in [1.807, 2.05) is 24.3 Å². The highest BCUT2D eigenvalue weighted by Crippen LogP contribution is 2.40. The predicted octanol–water partition coefficient (Wildman–Crippen LogP) is -2.17. The molecular formula is C35H47N9O12S. The van der Waals surface area contributed by atoms with E-state index in [4.69, 9.17) is 9.59 Å². The molecule has 2 unspecified atom stereocenters. The number of aliphatic hydroxyl groups excluding tert-OH is 2. The zero-order valence-corrected chi connectivity index (χ0v) is 32.1. The Kier molecular flexibility index (Phi) is 16.8. The molecule has 310 valence electrons. The Morgan fingerprint density at radius 1 is 0.807 bits per heavy atom. The molecule has 2 aromatic heterocycles. The van der Waals surface area contributed by atoms with Gasteiger partial charge in [-0.1, -0.05) is 29.5 Å². The lowest BCUT2D eigenvalue weighted by Crippen LogP contribution is -2.48. The molecule has 5 N–H and O–H groups in total. The number of carboxylic acid groups (broad SMARTS) is 3. The summed E-state index contributed by atoms with van der Waals surface area (Å²) in [5.41, 5.74) is 1.51. The van der Waals surface area contributed by atoms with Crippen LogP contribution in [0, 0.1) is 6.92 Å². The summed E-state index contributed by atoms with van der Waals surface area (Å²) in [4.78, 5) is 84.7. The fourth-order valence-electron chi connectivity index (χ4n) is 6.61. The van der Waals surface area contributed by atoms with Crippen LogP contribution in [0.25, 0.3) is 11.3 Å². The van der Waals surface area contributed by atoms with Crippen LogP contribution in [0.5, 0.6) is 0 Å². The van der Waals surface area contributed by atoms with Crippen LogP contribution in [-0.4, -0.2) is 183 Å². The van der Waals surface area contributed by atoms with Crippen molar-refractivity contribution < 1.29 is 49.5 Å². The fourth-order valence-corrected chi connectivity index (χ4v) is 7.98. The SMILES string of the molecule is Cc1cn(C2CC(O)[C@@H](CO)S2)c(=O)n(Cn2cc(-c3ccc(CN4CCN(CC(=O)O)CCN(CC(=O)O)CCN(CC(=O)O)CC4)cc3)nn2)c1=O.O=C=O. The third-order valence-corrected chi connectivity index (χ3v) is 11.1. The van der Waals surface area contributed by atoms with Gasteiger partial charge in [0.2, 0.25) is 0 Å². The molecule has 3 atom stereocenters. The highest BCUT2D eigenvalue weighted by Gasteiger charge is 2.35. The third kappa shape index (κ3) is 13.3. The van der Waals surface area contributed by atoms with Crippen molar-refractivity contribution in [3.63, 3.8) is 0 Å². The summed E-state index contributed by atoms with van der Waals surface area (Å²) in [6, 6.07) is 7.60. The van der Waals surface area contributed by atoms with Gasteiger partial charge in [-0.25, -0.2) is 14.0 Å². The number of carboxylic acids is 3. The molecule has 5 rings (SSSR count). The first kappa shape index (κ1) is 44.7. The number of aliphatic carboxylic acids is 3. The molecule has 0 spiro atoms. The van der Waals surface area contributed by atoms with E-state index in [1.54, 1.807) is 27.8 Å². The molecule has 22 heteroatoms. The van der Waals surface area contributed by atoms with Gasteiger partial charge < -0.3 is 25.5 Å². The molecular weight excluding hydrogens is 771 g/mol. The molecule has 4 heterocycles. The smallest absolute Gasteiger partial charge is 0.373 e. The lowest BCUT2D eigenvalue weighted by molar-refractivity contribution is -0.191. The van der Waals surface area contributed by atoms with Crippen LogP contribution < -0.4 is 11.2 Å². The van der Waals surface area contributed by atoms with Gasteiger partial charge in [0.05, 0.1) is 49.2 Å². The van der Waals surface area contributed by atoms with E-state index in [0.29, 0.717) is 70.2 Å². The Labute approximate surface area is 330 Å². The second-order valence-corrected chi connectivity index (χ2v) is 15.1. The molecule has 0 aliphatic carbocycles. The van der Waals surface area contributed by atoms with Gasteiger partial charge >= 0.3 is 29.7 Å². The van der Waals surface area contributed by atoms with Crippen LogP contribution in [0.2, 0.25) is 0 Å². The van der Waals surface area contributed by atoms with Crippen molar-refractivity contribution in [2.24, 2.45) is 0 Å². The van der Waals surface area contributed by atoms with Crippen molar-refractivity contribution in [1.82, 2.24) is 43.7 Å². The van der Waals surface area contributed by atoms with Crippen LogP contribution in [0.1, 0.15) is 22.9 Å². The number of hydrogen-bond acceptors (Lipinski definition) is 16. The largest absolute Gasteiger partial charge is 0.480 e. The molecule has 0 radical (unpaired) electrons. The first-order valence-electron chi connectivity index (χ1n) is 18.0. The molecule has 2 fully saturated rings. The van der Waals surface area contributed by atoms with Gasteiger partial charge in [0.1, 0.15) is 12.4 Å². The highest BCUT2D eigenvalue weighted by atomic mass is 32.2. The van der Waals surface area contributed by atoms with Crippen molar-refractivity contribution in [1.29, 1.82) is 0 Å². The molecule has 21 nitrogen and oxygen atoms in total. The molecule has 57 heavy (non-hydrogen) atoms. The fraction of sp³-hybridized carbons (Fsp3) is 0.543. The summed E-state index contributed by atoms with van der Waals surface area (Å²) in [5.74, 6) is -2.98. The third-order valence-electron chi connectivity index (χ3n) is 9.55. The van der Waals surface area contributed by atoms with E-state index >= 15 is 0 Å². The molecule has 2 aliphatic heterocycles. The molecule has 2 aliphatic rings. The van der Waals surface area contributed by atoms with Crippen molar-refractivity contribution in [3.8, 4) is 11.3 Å². The Morgan fingerprint density at radius 2 is 1.30 bits per heavy atom. The summed E-state index contributed by atoms with van der Waals surface area (Å²) in [6.45, 7) is 4.20. The van der Waals surface area contributed by atoms with Crippen molar-refractivity contribution in [2.75, 3.05) is 78.6 Å². The summed E-state index contributed by atoms with van der Waals surface area (Å²) < 4.78 is 3.87. The maximum absolute atomic E-state index is 13.4. The van der Waals surface area contributed by atoms with Crippen LogP contribution in [0.3, 0.4) is 0 Å². The van der Waals surface area contributed by atoms with E-state index in [1.165, 1.54) is 27.2 Å². The van der Waals surface area contributed by atoms with E-state index in [0.717, 1.165) is 15.7 Å². The molecule has 0 bridgehead atoms. The van der Waals surface area contributed by atoms with Gasteiger partial charge in [-0.3, -0.25) is 43.3 Å². The zero-order chi connectivity index (χ0) is 41.6. The number of rotatable bonds is 13. The number of benzene rings is 1. The Balaban J connectivity index is 0.00000232. The predicted molar refractivity (Wildman–Crippen MR) is 201 cm³/mol. The van der Waals surface area contributed by atoms with Gasteiger partial charge in [-0.05, 0) is 12.5 Å². The van der Waals surface area contributed by atoms with Gasteiger partial charge in [0, 0.05) is 82.6 Å². The van der Waals surface area contributed by atoms with Crippen LogP contribution >= 0.6 is 11.8 Å². The summed E-state index contributed by atoms with van der Waals surface area (Å²) in [6.07, 6.45) is 2.85. The van der Waals surface area contributed by atoms with Crippen molar-refractivity contribution in [2.45, 2.75) is 43.3 Å². The van der Waals surface area contributed by atoms with E-state index < -0.39 is 45.9 Å². The maximum Gasteiger partial charge on any atom is 0.373 e. The Bertz CT molecular complexity index is 1950. The Hall–Kier alpha value is -5.06. The number of thioether (sulfide) groups is 1. The minimum atomic E-state index is -1.01. The second kappa shape index (κ2) is 21.5. The zero-order valence-electron chi connectivity index (χ0n) is 31.3. The van der Waals surface area contributed by atoms with Gasteiger partial charge in [0.15, 0.2) is 0 Å². The minimum absolute atomic E-state index is 0.182. The average Bonchev–Trinajstić information content (AvgIpc) is 3.78. The van der Waals surface area contributed by atoms with Crippen LogP contribution in [0.4, 0.5) is 0 Å². The molecule has 3 aromatic rings. The lowest BCUT2D eigenvalue weighted by atomic mass is 10.1. The van der Waals surface area contributed by atoms with Gasteiger partial charge in [0.25, 0.3) is 5.56 Å². The van der Waals surface area contributed by atoms with E-state index in [2.05, 4.69) is 15.2 Å². The normalized spacial score (nSPS) is 20.4. The number of aryl methyl sites for hydroxylation is 1. The lowest BCUT2D eigenvalue weighted by Gasteiger charge is -2.33. The Morgan fingerprint density at radius 3 is 1.75 bits per heavy atom. The summed E-state index contributed by atoms with van der Waals surface area (Å²) >= 11 is 1.28. The topological polar surface area (TPSA) is 274 Å². The van der Waals surface area contributed by atoms with Gasteiger partial charge in [-0.2, -0.15) is 9.59 Å². The van der Waals surface area contributed by atoms with Gasteiger partial charge in [-0.15, -0.1) is 16.9 Å². The van der Waals surface area contributed by atoms with Crippen LogP contribution in [-0.2, 0) is 37.2 Å². The van der Waals surface area contributed by atoms with E-state index in [9.17, 15) is 49.5 Å². The number of carbonyl (C=O) groups is 3. The highest BCUT2D eigenvalue weighted by molar-refractivity contribution is 8.00. The molecule has 2 saturated heterocycles. The number of hydrogen-bond donors (Lipinski definition) is 5. The van der Waals surface area contributed by atoms with Crippen LogP contribution in [0.15, 0.2) is 46.2 Å². The number of carbonyl (C=O) groups excluding carboxylic acids is 2. The first-order chi connectivity index (χ1) is 27.2. The molecule has 0 amide bonds.